The fraction of sp³-hybridized carbons (Fsp3) is 0.579. The fourth-order valence-corrected chi connectivity index (χ4v) is 4.97. The van der Waals surface area contributed by atoms with Crippen LogP contribution in [0.3, 0.4) is 0 Å². The molecule has 0 bridgehead atoms. The highest BCUT2D eigenvalue weighted by atomic mass is 32.2. The van der Waals surface area contributed by atoms with Gasteiger partial charge in [-0.15, -0.1) is 0 Å². The lowest BCUT2D eigenvalue weighted by Crippen LogP contribution is -2.50. The zero-order chi connectivity index (χ0) is 17.4. The van der Waals surface area contributed by atoms with Crippen LogP contribution in [0.25, 0.3) is 0 Å². The molecule has 1 aromatic carbocycles. The Labute approximate surface area is 151 Å². The van der Waals surface area contributed by atoms with Crippen LogP contribution < -0.4 is 0 Å². The number of benzene rings is 1. The molecule has 3 fully saturated rings. The number of halogens is 1. The van der Waals surface area contributed by atoms with Gasteiger partial charge < -0.3 is 9.80 Å². The van der Waals surface area contributed by atoms with Gasteiger partial charge in [-0.25, -0.2) is 4.39 Å². The van der Waals surface area contributed by atoms with Crippen molar-refractivity contribution in [3.05, 3.63) is 35.6 Å². The van der Waals surface area contributed by atoms with Crippen LogP contribution in [0.5, 0.6) is 0 Å². The number of likely N-dealkylation sites (tertiary alicyclic amines) is 1. The van der Waals surface area contributed by atoms with Crippen molar-refractivity contribution < 1.29 is 14.0 Å². The lowest BCUT2D eigenvalue weighted by atomic mass is 10.1. The second-order valence-corrected chi connectivity index (χ2v) is 8.36. The molecule has 0 aromatic heterocycles. The Hall–Kier alpha value is -1.56. The number of nitrogens with zero attached hydrogens (tertiary/aromatic N) is 2. The quantitative estimate of drug-likeness (QED) is 0.830. The SMILES string of the molecule is O=C(C1CCCN1C(=O)C1CC1c1cccc(F)c1)N1CCSCC1. The van der Waals surface area contributed by atoms with E-state index in [0.29, 0.717) is 6.54 Å². The van der Waals surface area contributed by atoms with Crippen molar-refractivity contribution in [3.63, 3.8) is 0 Å². The molecule has 6 heteroatoms. The van der Waals surface area contributed by atoms with Crippen molar-refractivity contribution in [1.82, 2.24) is 9.80 Å². The third-order valence-corrected chi connectivity index (χ3v) is 6.47. The molecule has 2 amide bonds. The molecule has 0 spiro atoms. The summed E-state index contributed by atoms with van der Waals surface area (Å²) in [6, 6.07) is 6.24. The molecule has 1 aliphatic carbocycles. The van der Waals surface area contributed by atoms with Crippen molar-refractivity contribution in [2.45, 2.75) is 31.2 Å². The molecule has 3 unspecified atom stereocenters. The highest BCUT2D eigenvalue weighted by Crippen LogP contribution is 2.49. The Morgan fingerprint density at radius 1 is 1.12 bits per heavy atom. The second kappa shape index (κ2) is 6.98. The molecule has 134 valence electrons. The van der Waals surface area contributed by atoms with E-state index < -0.39 is 0 Å². The highest BCUT2D eigenvalue weighted by molar-refractivity contribution is 7.99. The largest absolute Gasteiger partial charge is 0.339 e. The monoisotopic (exact) mass is 362 g/mol. The van der Waals surface area contributed by atoms with Crippen LogP contribution in [-0.2, 0) is 9.59 Å². The van der Waals surface area contributed by atoms with Crippen LogP contribution in [0.2, 0.25) is 0 Å². The van der Waals surface area contributed by atoms with Crippen LogP contribution in [0.15, 0.2) is 24.3 Å². The third-order valence-electron chi connectivity index (χ3n) is 5.53. The normalized spacial score (nSPS) is 28.9. The molecule has 3 atom stereocenters. The van der Waals surface area contributed by atoms with Crippen LogP contribution in [0, 0.1) is 11.7 Å². The smallest absolute Gasteiger partial charge is 0.245 e. The van der Waals surface area contributed by atoms with Gasteiger partial charge >= 0.3 is 0 Å². The van der Waals surface area contributed by atoms with Gasteiger partial charge in [0.1, 0.15) is 11.9 Å². The van der Waals surface area contributed by atoms with E-state index in [4.69, 9.17) is 0 Å². The predicted octanol–water partition coefficient (Wildman–Crippen LogP) is 2.50. The van der Waals surface area contributed by atoms with Crippen molar-refractivity contribution in [1.29, 1.82) is 0 Å². The van der Waals surface area contributed by atoms with Gasteiger partial charge in [-0.05, 0) is 42.9 Å². The highest BCUT2D eigenvalue weighted by Gasteiger charge is 2.49. The molecule has 4 rings (SSSR count). The number of hydrogen-bond donors (Lipinski definition) is 0. The number of rotatable bonds is 3. The van der Waals surface area contributed by atoms with Gasteiger partial charge in [0.15, 0.2) is 0 Å². The number of thioether (sulfide) groups is 1. The van der Waals surface area contributed by atoms with E-state index in [2.05, 4.69) is 0 Å². The summed E-state index contributed by atoms with van der Waals surface area (Å²) in [4.78, 5) is 29.5. The Balaban J connectivity index is 1.42. The minimum absolute atomic E-state index is 0.0801. The standard InChI is InChI=1S/C19H23FN2O2S/c20-14-4-1-3-13(11-14)15-12-16(15)18(23)22-6-2-5-17(22)19(24)21-7-9-25-10-8-21/h1,3-4,11,15-17H,2,5-10,12H2. The summed E-state index contributed by atoms with van der Waals surface area (Å²) < 4.78 is 13.4. The van der Waals surface area contributed by atoms with Crippen molar-refractivity contribution in [2.24, 2.45) is 5.92 Å². The maximum Gasteiger partial charge on any atom is 0.245 e. The van der Waals surface area contributed by atoms with Gasteiger partial charge in [0.25, 0.3) is 0 Å². The molecule has 0 radical (unpaired) electrons. The van der Waals surface area contributed by atoms with Crippen molar-refractivity contribution >= 4 is 23.6 Å². The second-order valence-electron chi connectivity index (χ2n) is 7.13. The first kappa shape index (κ1) is 16.9. The van der Waals surface area contributed by atoms with Gasteiger partial charge in [0.05, 0.1) is 0 Å². The Bertz CT molecular complexity index is 677. The van der Waals surface area contributed by atoms with Crippen LogP contribution in [0.1, 0.15) is 30.7 Å². The van der Waals surface area contributed by atoms with E-state index >= 15 is 0 Å². The summed E-state index contributed by atoms with van der Waals surface area (Å²) in [6.07, 6.45) is 2.42. The Kier molecular flexibility index (Phi) is 4.71. The van der Waals surface area contributed by atoms with Crippen molar-refractivity contribution in [3.8, 4) is 0 Å². The summed E-state index contributed by atoms with van der Waals surface area (Å²) in [5.41, 5.74) is 0.897. The summed E-state index contributed by atoms with van der Waals surface area (Å²) >= 11 is 1.87. The molecule has 25 heavy (non-hydrogen) atoms. The fourth-order valence-electron chi connectivity index (χ4n) is 4.07. The van der Waals surface area contributed by atoms with Gasteiger partial charge in [0.2, 0.25) is 11.8 Å². The number of carbonyl (C=O) groups excluding carboxylic acids is 2. The number of carbonyl (C=O) groups is 2. The van der Waals surface area contributed by atoms with Gasteiger partial charge in [0, 0.05) is 37.1 Å². The molecular formula is C19H23FN2O2S. The zero-order valence-corrected chi connectivity index (χ0v) is 15.0. The van der Waals surface area contributed by atoms with Crippen LogP contribution >= 0.6 is 11.8 Å². The van der Waals surface area contributed by atoms with E-state index in [1.165, 1.54) is 12.1 Å². The van der Waals surface area contributed by atoms with E-state index in [-0.39, 0.29) is 35.5 Å². The molecule has 2 saturated heterocycles. The molecule has 0 N–H and O–H groups in total. The maximum absolute atomic E-state index is 13.4. The molecule has 1 saturated carbocycles. The predicted molar refractivity (Wildman–Crippen MR) is 95.9 cm³/mol. The average molecular weight is 362 g/mol. The molecule has 4 nitrogen and oxygen atoms in total. The van der Waals surface area contributed by atoms with E-state index in [1.54, 1.807) is 11.0 Å². The lowest BCUT2D eigenvalue weighted by Gasteiger charge is -2.32. The van der Waals surface area contributed by atoms with E-state index in [9.17, 15) is 14.0 Å². The number of amides is 2. The van der Waals surface area contributed by atoms with Crippen LogP contribution in [0.4, 0.5) is 4.39 Å². The Morgan fingerprint density at radius 2 is 1.92 bits per heavy atom. The molecule has 2 aliphatic heterocycles. The summed E-state index contributed by atoms with van der Waals surface area (Å²) in [5, 5.41) is 0. The first-order chi connectivity index (χ1) is 12.1. The lowest BCUT2D eigenvalue weighted by molar-refractivity contribution is -0.144. The van der Waals surface area contributed by atoms with E-state index in [1.807, 2.05) is 22.7 Å². The van der Waals surface area contributed by atoms with E-state index in [0.717, 1.165) is 49.4 Å². The maximum atomic E-state index is 13.4. The molecule has 3 aliphatic rings. The minimum Gasteiger partial charge on any atom is -0.339 e. The summed E-state index contributed by atoms with van der Waals surface area (Å²) in [5.74, 6) is 1.92. The van der Waals surface area contributed by atoms with Gasteiger partial charge in [-0.1, -0.05) is 12.1 Å². The summed E-state index contributed by atoms with van der Waals surface area (Å²) in [7, 11) is 0. The van der Waals surface area contributed by atoms with Gasteiger partial charge in [-0.3, -0.25) is 9.59 Å². The molecule has 2 heterocycles. The number of hydrogen-bond acceptors (Lipinski definition) is 3. The first-order valence-electron chi connectivity index (χ1n) is 9.07. The molecular weight excluding hydrogens is 339 g/mol. The first-order valence-corrected chi connectivity index (χ1v) is 10.2. The van der Waals surface area contributed by atoms with Crippen LogP contribution in [-0.4, -0.2) is 58.8 Å². The average Bonchev–Trinajstić information content (AvgIpc) is 3.29. The Morgan fingerprint density at radius 3 is 2.68 bits per heavy atom. The topological polar surface area (TPSA) is 40.6 Å². The third kappa shape index (κ3) is 3.41. The summed E-state index contributed by atoms with van der Waals surface area (Å²) in [6.45, 7) is 2.25. The minimum atomic E-state index is -0.288. The van der Waals surface area contributed by atoms with Gasteiger partial charge in [-0.2, -0.15) is 11.8 Å². The molecule has 1 aromatic rings. The van der Waals surface area contributed by atoms with Crippen molar-refractivity contribution in [2.75, 3.05) is 31.1 Å². The zero-order valence-electron chi connectivity index (χ0n) is 14.2.